The highest BCUT2D eigenvalue weighted by molar-refractivity contribution is 5.89. The second-order valence-electron chi connectivity index (χ2n) is 4.27. The maximum absolute atomic E-state index is 11.0. The second-order valence-corrected chi connectivity index (χ2v) is 4.27. The van der Waals surface area contributed by atoms with Crippen molar-refractivity contribution in [1.29, 1.82) is 0 Å². The average molecular weight is 222 g/mol. The first-order valence-electron chi connectivity index (χ1n) is 5.46. The molecule has 0 aromatic carbocycles. The number of nitrogens with one attached hydrogen (secondary N) is 2. The maximum atomic E-state index is 11.0. The number of amides is 1. The topological polar surface area (TPSA) is 97.9 Å². The molecule has 1 fully saturated rings. The summed E-state index contributed by atoms with van der Waals surface area (Å²) < 4.78 is 1.81. The number of piperidine rings is 1. The van der Waals surface area contributed by atoms with Gasteiger partial charge in [0.25, 0.3) is 5.91 Å². The van der Waals surface area contributed by atoms with Gasteiger partial charge in [-0.1, -0.05) is 0 Å². The molecule has 16 heavy (non-hydrogen) atoms. The number of carbonyl (C=O) groups excluding carboxylic acids is 1. The van der Waals surface area contributed by atoms with Crippen LogP contribution in [0.2, 0.25) is 0 Å². The summed E-state index contributed by atoms with van der Waals surface area (Å²) >= 11 is 0. The van der Waals surface area contributed by atoms with E-state index in [4.69, 9.17) is 5.73 Å². The van der Waals surface area contributed by atoms with Crippen molar-refractivity contribution >= 4 is 11.9 Å². The summed E-state index contributed by atoms with van der Waals surface area (Å²) in [6.07, 6.45) is 1.01. The summed E-state index contributed by atoms with van der Waals surface area (Å²) in [5.74, 6) is 0.691. The van der Waals surface area contributed by atoms with Gasteiger partial charge in [0.15, 0.2) is 0 Å². The van der Waals surface area contributed by atoms with Gasteiger partial charge in [0, 0.05) is 19.0 Å². The van der Waals surface area contributed by atoms with Crippen LogP contribution in [0.3, 0.4) is 0 Å². The van der Waals surface area contributed by atoms with Crippen LogP contribution in [0.5, 0.6) is 0 Å². The van der Waals surface area contributed by atoms with E-state index in [1.807, 2.05) is 4.68 Å². The molecule has 1 aromatic rings. The number of nitrogens with zero attached hydrogens (tertiary/aromatic N) is 3. The lowest BCUT2D eigenvalue weighted by Crippen LogP contribution is -2.44. The van der Waals surface area contributed by atoms with Gasteiger partial charge in [-0.3, -0.25) is 4.79 Å². The summed E-state index contributed by atoms with van der Waals surface area (Å²) in [7, 11) is 0. The minimum atomic E-state index is -0.575. The number of hydrogen-bond acceptors (Lipinski definition) is 5. The van der Waals surface area contributed by atoms with Crippen molar-refractivity contribution < 1.29 is 4.79 Å². The Kier molecular flexibility index (Phi) is 2.06. The molecular weight excluding hydrogens is 208 g/mol. The first-order chi connectivity index (χ1) is 7.75. The fraction of sp³-hybridized carbons (Fsp3) is 0.667. The molecule has 0 bridgehead atoms. The average Bonchev–Trinajstić information content (AvgIpc) is 2.73. The normalized spacial score (nSPS) is 27.8. The summed E-state index contributed by atoms with van der Waals surface area (Å²) in [5.41, 5.74) is 5.18. The maximum Gasteiger partial charge on any atom is 0.288 e. The third-order valence-electron chi connectivity index (χ3n) is 3.26. The van der Waals surface area contributed by atoms with Gasteiger partial charge in [-0.05, 0) is 13.0 Å². The van der Waals surface area contributed by atoms with Crippen LogP contribution in [0.15, 0.2) is 0 Å². The van der Waals surface area contributed by atoms with Crippen LogP contribution in [0.25, 0.3) is 0 Å². The zero-order valence-electron chi connectivity index (χ0n) is 8.81. The van der Waals surface area contributed by atoms with Crippen LogP contribution in [-0.4, -0.2) is 40.3 Å². The van der Waals surface area contributed by atoms with Crippen molar-refractivity contribution in [1.82, 2.24) is 20.1 Å². The molecule has 4 N–H and O–H groups in total. The van der Waals surface area contributed by atoms with Gasteiger partial charge >= 0.3 is 0 Å². The number of hydrogen-bond donors (Lipinski definition) is 3. The highest BCUT2D eigenvalue weighted by Gasteiger charge is 2.33. The third kappa shape index (κ3) is 1.35. The van der Waals surface area contributed by atoms with Gasteiger partial charge in [0.05, 0.1) is 6.04 Å². The zero-order chi connectivity index (χ0) is 11.1. The lowest BCUT2D eigenvalue weighted by Gasteiger charge is -2.36. The minimum absolute atomic E-state index is 0.0988. The molecule has 2 aliphatic heterocycles. The number of fused-ring (bicyclic) bond motifs is 3. The Morgan fingerprint density at radius 2 is 2.38 bits per heavy atom. The molecule has 7 heteroatoms. The smallest absolute Gasteiger partial charge is 0.288 e. The number of nitrogens with two attached hydrogens (primary N) is 1. The number of primary amides is 1. The van der Waals surface area contributed by atoms with E-state index < -0.39 is 5.91 Å². The Labute approximate surface area is 92.4 Å². The fourth-order valence-corrected chi connectivity index (χ4v) is 2.44. The van der Waals surface area contributed by atoms with Gasteiger partial charge in [0.1, 0.15) is 0 Å². The largest absolute Gasteiger partial charge is 0.363 e. The van der Waals surface area contributed by atoms with E-state index in [1.54, 1.807) is 0 Å². The Morgan fingerprint density at radius 3 is 3.19 bits per heavy atom. The van der Waals surface area contributed by atoms with Crippen LogP contribution in [0.4, 0.5) is 5.95 Å². The van der Waals surface area contributed by atoms with Gasteiger partial charge in [-0.2, -0.15) is 4.98 Å². The van der Waals surface area contributed by atoms with Crippen molar-refractivity contribution in [3.8, 4) is 0 Å². The molecule has 2 atom stereocenters. The van der Waals surface area contributed by atoms with Gasteiger partial charge in [0.2, 0.25) is 11.8 Å². The first kappa shape index (κ1) is 9.59. The van der Waals surface area contributed by atoms with E-state index in [-0.39, 0.29) is 5.82 Å². The van der Waals surface area contributed by atoms with E-state index in [0.717, 1.165) is 26.1 Å². The number of anilines is 1. The lowest BCUT2D eigenvalue weighted by atomic mass is 9.92. The zero-order valence-corrected chi connectivity index (χ0v) is 8.81. The van der Waals surface area contributed by atoms with Crippen LogP contribution >= 0.6 is 0 Å². The van der Waals surface area contributed by atoms with Crippen molar-refractivity contribution in [2.75, 3.05) is 25.0 Å². The Balaban J connectivity index is 1.97. The number of carbonyl (C=O) groups is 1. The molecule has 2 aliphatic rings. The van der Waals surface area contributed by atoms with E-state index in [9.17, 15) is 4.79 Å². The predicted octanol–water partition coefficient (Wildman–Crippen LogP) is -1.05. The van der Waals surface area contributed by atoms with Crippen molar-refractivity contribution in [2.45, 2.75) is 12.5 Å². The van der Waals surface area contributed by atoms with Crippen molar-refractivity contribution in [3.05, 3.63) is 5.82 Å². The quantitative estimate of drug-likeness (QED) is 0.563. The second kappa shape index (κ2) is 3.44. The molecule has 1 saturated heterocycles. The Bertz CT molecular complexity index is 428. The van der Waals surface area contributed by atoms with Crippen LogP contribution in [-0.2, 0) is 0 Å². The van der Waals surface area contributed by atoms with Gasteiger partial charge in [-0.25, -0.2) is 4.68 Å². The van der Waals surface area contributed by atoms with E-state index >= 15 is 0 Å². The molecule has 86 valence electrons. The lowest BCUT2D eigenvalue weighted by molar-refractivity contribution is 0.0989. The highest BCUT2D eigenvalue weighted by Crippen LogP contribution is 2.30. The SMILES string of the molecule is NC(=O)c1nc2n(n1)C1CCNCC1CN2. The fourth-order valence-electron chi connectivity index (χ4n) is 2.44. The van der Waals surface area contributed by atoms with E-state index in [1.165, 1.54) is 0 Å². The summed E-state index contributed by atoms with van der Waals surface area (Å²) in [6, 6.07) is 0.332. The Hall–Kier alpha value is -1.63. The third-order valence-corrected chi connectivity index (χ3v) is 3.26. The van der Waals surface area contributed by atoms with Crippen LogP contribution in [0, 0.1) is 5.92 Å². The molecule has 0 saturated carbocycles. The molecule has 7 nitrogen and oxygen atoms in total. The summed E-state index contributed by atoms with van der Waals surface area (Å²) in [4.78, 5) is 15.1. The first-order valence-corrected chi connectivity index (χ1v) is 5.46. The van der Waals surface area contributed by atoms with Gasteiger partial charge in [-0.15, -0.1) is 5.10 Å². The number of rotatable bonds is 1. The predicted molar refractivity (Wildman–Crippen MR) is 57.0 cm³/mol. The Morgan fingerprint density at radius 1 is 1.50 bits per heavy atom. The molecular formula is C9H14N6O. The standard InChI is InChI=1S/C9H14N6O/c10-7(16)8-13-9-12-4-5-3-11-2-1-6(5)15(9)14-8/h5-6,11H,1-4H2,(H2,10,16)(H,12,13,14). The minimum Gasteiger partial charge on any atom is -0.363 e. The van der Waals surface area contributed by atoms with Crippen molar-refractivity contribution in [3.63, 3.8) is 0 Å². The summed E-state index contributed by atoms with van der Waals surface area (Å²) in [6.45, 7) is 2.82. The van der Waals surface area contributed by atoms with Crippen LogP contribution < -0.4 is 16.4 Å². The molecule has 2 unspecified atom stereocenters. The molecule has 3 rings (SSSR count). The summed E-state index contributed by atoms with van der Waals surface area (Å²) in [5, 5.41) is 10.7. The van der Waals surface area contributed by atoms with Crippen LogP contribution in [0.1, 0.15) is 23.1 Å². The highest BCUT2D eigenvalue weighted by atomic mass is 16.1. The van der Waals surface area contributed by atoms with E-state index in [0.29, 0.717) is 17.9 Å². The monoisotopic (exact) mass is 222 g/mol. The molecule has 1 aromatic heterocycles. The van der Waals surface area contributed by atoms with Gasteiger partial charge < -0.3 is 16.4 Å². The number of aromatic nitrogens is 3. The van der Waals surface area contributed by atoms with Crippen molar-refractivity contribution in [2.24, 2.45) is 11.7 Å². The van der Waals surface area contributed by atoms with E-state index in [2.05, 4.69) is 20.7 Å². The molecule has 3 heterocycles. The molecule has 0 aliphatic carbocycles. The molecule has 1 amide bonds. The molecule has 0 spiro atoms. The molecule has 0 radical (unpaired) electrons.